The summed E-state index contributed by atoms with van der Waals surface area (Å²) in [5.41, 5.74) is 0. The maximum atomic E-state index is 8.77. The lowest BCUT2D eigenvalue weighted by molar-refractivity contribution is -0.00335. The van der Waals surface area contributed by atoms with E-state index in [0.717, 1.165) is 5.06 Å². The van der Waals surface area contributed by atoms with Gasteiger partial charge in [0.1, 0.15) is 6.61 Å². The van der Waals surface area contributed by atoms with Crippen LogP contribution >= 0.6 is 0 Å². The average molecular weight is 116 g/mol. The summed E-state index contributed by atoms with van der Waals surface area (Å²) in [4.78, 5) is 3.64. The molecule has 1 aliphatic rings. The van der Waals surface area contributed by atoms with Gasteiger partial charge in [0.25, 0.3) is 0 Å². The molecule has 0 atom stereocenters. The Bertz CT molecular complexity index is 113. The van der Waals surface area contributed by atoms with Crippen molar-refractivity contribution < 1.29 is 9.94 Å². The first-order valence-electron chi connectivity index (χ1n) is 2.40. The molecule has 1 N–H and O–H groups in total. The molecule has 8 heavy (non-hydrogen) atoms. The summed E-state index contributed by atoms with van der Waals surface area (Å²) in [6.45, 7) is 1.05. The van der Waals surface area contributed by atoms with Crippen LogP contribution in [0.25, 0.3) is 0 Å². The van der Waals surface area contributed by atoms with Gasteiger partial charge in [-0.25, -0.2) is 10.1 Å². The zero-order valence-corrected chi connectivity index (χ0v) is 4.66. The number of rotatable bonds is 0. The number of aliphatic imine (C=N–C) groups is 1. The van der Waals surface area contributed by atoms with Crippen LogP contribution in [-0.2, 0) is 4.74 Å². The van der Waals surface area contributed by atoms with E-state index in [0.29, 0.717) is 19.2 Å². The van der Waals surface area contributed by atoms with Gasteiger partial charge in [-0.05, 0) is 0 Å². The van der Waals surface area contributed by atoms with Gasteiger partial charge in [0.05, 0.1) is 6.54 Å². The standard InChI is InChI=1S/C4H8N2O2/c1-5-4-6(7)2-3-8-4/h7H,2-3H2,1H3/b5-4-. The molecular weight excluding hydrogens is 108 g/mol. The fourth-order valence-corrected chi connectivity index (χ4v) is 0.574. The maximum Gasteiger partial charge on any atom is 0.311 e. The topological polar surface area (TPSA) is 45.1 Å². The van der Waals surface area contributed by atoms with Gasteiger partial charge >= 0.3 is 6.02 Å². The molecule has 4 heteroatoms. The summed E-state index contributed by atoms with van der Waals surface area (Å²) in [5.74, 6) is 0. The second kappa shape index (κ2) is 2.00. The summed E-state index contributed by atoms with van der Waals surface area (Å²) >= 11 is 0. The van der Waals surface area contributed by atoms with E-state index in [1.807, 2.05) is 0 Å². The van der Waals surface area contributed by atoms with Gasteiger partial charge in [-0.3, -0.25) is 5.21 Å². The van der Waals surface area contributed by atoms with E-state index in [4.69, 9.17) is 9.94 Å². The molecule has 0 aromatic carbocycles. The fraction of sp³-hybridized carbons (Fsp3) is 0.750. The van der Waals surface area contributed by atoms with Crippen LogP contribution in [0, 0.1) is 0 Å². The summed E-state index contributed by atoms with van der Waals surface area (Å²) < 4.78 is 4.84. The molecule has 0 aromatic rings. The van der Waals surface area contributed by atoms with Crippen LogP contribution in [0.1, 0.15) is 0 Å². The van der Waals surface area contributed by atoms with E-state index < -0.39 is 0 Å². The van der Waals surface area contributed by atoms with Crippen LogP contribution in [0.4, 0.5) is 0 Å². The third kappa shape index (κ3) is 0.742. The van der Waals surface area contributed by atoms with Crippen molar-refractivity contribution >= 4 is 6.02 Å². The van der Waals surface area contributed by atoms with E-state index in [9.17, 15) is 0 Å². The second-order valence-electron chi connectivity index (χ2n) is 1.48. The quantitative estimate of drug-likeness (QED) is 0.472. The highest BCUT2D eigenvalue weighted by Crippen LogP contribution is 1.97. The first-order chi connectivity index (χ1) is 3.84. The number of amidine groups is 1. The van der Waals surface area contributed by atoms with E-state index >= 15 is 0 Å². The first kappa shape index (κ1) is 5.37. The third-order valence-electron chi connectivity index (χ3n) is 0.946. The Labute approximate surface area is 47.3 Å². The zero-order chi connectivity index (χ0) is 5.98. The van der Waals surface area contributed by atoms with Crippen LogP contribution in [0.15, 0.2) is 4.99 Å². The molecule has 0 aromatic heterocycles. The minimum atomic E-state index is 0.310. The Hall–Kier alpha value is -0.770. The van der Waals surface area contributed by atoms with Gasteiger partial charge in [-0.1, -0.05) is 0 Å². The lowest BCUT2D eigenvalue weighted by Gasteiger charge is -2.02. The molecule has 0 amide bonds. The third-order valence-corrected chi connectivity index (χ3v) is 0.946. The van der Waals surface area contributed by atoms with Gasteiger partial charge in [0, 0.05) is 7.05 Å². The largest absolute Gasteiger partial charge is 0.462 e. The highest BCUT2D eigenvalue weighted by molar-refractivity contribution is 5.73. The molecule has 1 aliphatic heterocycles. The molecule has 0 bridgehead atoms. The van der Waals surface area contributed by atoms with Crippen LogP contribution in [0.3, 0.4) is 0 Å². The Morgan fingerprint density at radius 3 is 2.88 bits per heavy atom. The summed E-state index contributed by atoms with van der Waals surface area (Å²) in [7, 11) is 1.57. The molecule has 0 saturated carbocycles. The Kier molecular flexibility index (Phi) is 1.34. The number of hydrogen-bond acceptors (Lipinski definition) is 3. The minimum absolute atomic E-state index is 0.310. The molecule has 1 fully saturated rings. The normalized spacial score (nSPS) is 24.2. The van der Waals surface area contributed by atoms with Crippen molar-refractivity contribution in [2.24, 2.45) is 4.99 Å². The Morgan fingerprint density at radius 2 is 2.62 bits per heavy atom. The van der Waals surface area contributed by atoms with E-state index in [2.05, 4.69) is 4.99 Å². The molecule has 0 spiro atoms. The smallest absolute Gasteiger partial charge is 0.311 e. The van der Waals surface area contributed by atoms with Gasteiger partial charge in [0.15, 0.2) is 0 Å². The first-order valence-corrected chi connectivity index (χ1v) is 2.40. The van der Waals surface area contributed by atoms with Crippen molar-refractivity contribution in [1.82, 2.24) is 5.06 Å². The predicted octanol–water partition coefficient (Wildman–Crippen LogP) is -0.306. The van der Waals surface area contributed by atoms with Gasteiger partial charge in [0.2, 0.25) is 0 Å². The molecule has 46 valence electrons. The van der Waals surface area contributed by atoms with Crippen molar-refractivity contribution in [3.05, 3.63) is 0 Å². The van der Waals surface area contributed by atoms with Gasteiger partial charge < -0.3 is 4.74 Å². The highest BCUT2D eigenvalue weighted by atomic mass is 16.6. The van der Waals surface area contributed by atoms with Crippen LogP contribution in [-0.4, -0.2) is 36.5 Å². The van der Waals surface area contributed by atoms with Crippen LogP contribution in [0.5, 0.6) is 0 Å². The van der Waals surface area contributed by atoms with Crippen molar-refractivity contribution in [3.63, 3.8) is 0 Å². The van der Waals surface area contributed by atoms with Gasteiger partial charge in [-0.15, -0.1) is 0 Å². The van der Waals surface area contributed by atoms with E-state index in [1.165, 1.54) is 0 Å². The maximum absolute atomic E-state index is 8.77. The van der Waals surface area contributed by atoms with Crippen molar-refractivity contribution in [2.45, 2.75) is 0 Å². The van der Waals surface area contributed by atoms with Gasteiger partial charge in [-0.2, -0.15) is 0 Å². The lowest BCUT2D eigenvalue weighted by atomic mass is 10.7. The predicted molar refractivity (Wildman–Crippen MR) is 27.8 cm³/mol. The monoisotopic (exact) mass is 116 g/mol. The summed E-state index contributed by atoms with van der Waals surface area (Å²) in [6, 6.07) is 0.310. The number of hydrogen-bond donors (Lipinski definition) is 1. The zero-order valence-electron chi connectivity index (χ0n) is 4.66. The minimum Gasteiger partial charge on any atom is -0.462 e. The fourth-order valence-electron chi connectivity index (χ4n) is 0.574. The molecule has 1 rings (SSSR count). The molecule has 0 radical (unpaired) electrons. The van der Waals surface area contributed by atoms with Crippen molar-refractivity contribution in [2.75, 3.05) is 20.2 Å². The van der Waals surface area contributed by atoms with E-state index in [-0.39, 0.29) is 0 Å². The van der Waals surface area contributed by atoms with Crippen LogP contribution in [0.2, 0.25) is 0 Å². The van der Waals surface area contributed by atoms with Crippen molar-refractivity contribution in [3.8, 4) is 0 Å². The number of nitrogens with zero attached hydrogens (tertiary/aromatic N) is 2. The molecule has 4 nitrogen and oxygen atoms in total. The van der Waals surface area contributed by atoms with Crippen LogP contribution < -0.4 is 0 Å². The summed E-state index contributed by atoms with van der Waals surface area (Å²) in [5, 5.41) is 9.75. The number of hydroxylamine groups is 2. The molecule has 0 unspecified atom stereocenters. The Balaban J connectivity index is 2.55. The lowest BCUT2D eigenvalue weighted by Crippen LogP contribution is -2.20. The molecule has 0 aliphatic carbocycles. The summed E-state index contributed by atoms with van der Waals surface area (Å²) in [6.07, 6.45) is 0. The molecule has 1 saturated heterocycles. The SMILES string of the molecule is C/N=C1\OCCN1O. The molecular formula is C4H8N2O2. The second-order valence-corrected chi connectivity index (χ2v) is 1.48. The Morgan fingerprint density at radius 1 is 1.88 bits per heavy atom. The molecule has 1 heterocycles. The van der Waals surface area contributed by atoms with Crippen molar-refractivity contribution in [1.29, 1.82) is 0 Å². The number of ether oxygens (including phenoxy) is 1. The highest BCUT2D eigenvalue weighted by Gasteiger charge is 2.15. The van der Waals surface area contributed by atoms with E-state index in [1.54, 1.807) is 7.05 Å². The average Bonchev–Trinajstić information content (AvgIpc) is 2.14.